The van der Waals surface area contributed by atoms with E-state index in [0.717, 1.165) is 11.4 Å². The Bertz CT molecular complexity index is 438. The Hall–Kier alpha value is -1.39. The molecule has 1 rings (SSSR count). The summed E-state index contributed by atoms with van der Waals surface area (Å²) in [6.07, 6.45) is -1.09. The van der Waals surface area contributed by atoms with Gasteiger partial charge in [-0.1, -0.05) is 0 Å². The zero-order chi connectivity index (χ0) is 14.5. The molecule has 110 valence electrons. The van der Waals surface area contributed by atoms with Gasteiger partial charge in [0.1, 0.15) is 6.04 Å². The molecule has 0 radical (unpaired) electrons. The number of ether oxygens (including phenoxy) is 1. The molecule has 1 atom stereocenters. The van der Waals surface area contributed by atoms with Gasteiger partial charge in [0, 0.05) is 26.2 Å². The summed E-state index contributed by atoms with van der Waals surface area (Å²) in [5.74, 6) is -0.412. The van der Waals surface area contributed by atoms with Gasteiger partial charge in [-0.3, -0.25) is 4.79 Å². The third-order valence-corrected chi connectivity index (χ3v) is 4.03. The van der Waals surface area contributed by atoms with Gasteiger partial charge < -0.3 is 15.4 Å². The second-order valence-electron chi connectivity index (χ2n) is 3.82. The third kappa shape index (κ3) is 4.04. The van der Waals surface area contributed by atoms with Gasteiger partial charge in [-0.2, -0.15) is 12.7 Å². The quantitative estimate of drug-likeness (QED) is 0.552. The number of hydrogen-bond donors (Lipinski definition) is 3. The zero-order valence-electron chi connectivity index (χ0n) is 10.8. The van der Waals surface area contributed by atoms with Gasteiger partial charge in [0.15, 0.2) is 0 Å². The molecule has 19 heavy (non-hydrogen) atoms. The molecule has 1 heterocycles. The molecule has 1 unspecified atom stereocenters. The van der Waals surface area contributed by atoms with E-state index in [4.69, 9.17) is 0 Å². The number of rotatable bonds is 4. The average Bonchev–Trinajstić information content (AvgIpc) is 2.38. The standard InChI is InChI=1S/C9H18N4O5S/c1-3-11-8(14)7-6-10-4-5-13(7)19(16,17)12-9(15)18-2/h7,10H,3-6H2,1-2H3,(H,11,14)(H,12,15). The van der Waals surface area contributed by atoms with E-state index in [1.165, 1.54) is 0 Å². The average molecular weight is 294 g/mol. The maximum atomic E-state index is 12.0. The van der Waals surface area contributed by atoms with Gasteiger partial charge in [-0.25, -0.2) is 9.52 Å². The highest BCUT2D eigenvalue weighted by Crippen LogP contribution is 2.09. The Morgan fingerprint density at radius 3 is 2.74 bits per heavy atom. The first kappa shape index (κ1) is 15.7. The topological polar surface area (TPSA) is 117 Å². The molecule has 0 aromatic rings. The van der Waals surface area contributed by atoms with E-state index < -0.39 is 28.3 Å². The van der Waals surface area contributed by atoms with Crippen molar-refractivity contribution in [1.29, 1.82) is 0 Å². The van der Waals surface area contributed by atoms with E-state index in [9.17, 15) is 18.0 Å². The highest BCUT2D eigenvalue weighted by molar-refractivity contribution is 7.87. The van der Waals surface area contributed by atoms with Crippen LogP contribution in [0.2, 0.25) is 0 Å². The first-order chi connectivity index (χ1) is 8.92. The van der Waals surface area contributed by atoms with Gasteiger partial charge in [0.05, 0.1) is 7.11 Å². The van der Waals surface area contributed by atoms with Crippen molar-refractivity contribution in [2.45, 2.75) is 13.0 Å². The number of carbonyl (C=O) groups excluding carboxylic acids is 2. The molecule has 0 saturated carbocycles. The Morgan fingerprint density at radius 2 is 2.16 bits per heavy atom. The molecule has 2 amide bonds. The monoisotopic (exact) mass is 294 g/mol. The summed E-state index contributed by atoms with van der Waals surface area (Å²) < 4.78 is 30.9. The fraction of sp³-hybridized carbons (Fsp3) is 0.778. The van der Waals surface area contributed by atoms with Crippen LogP contribution in [0, 0.1) is 0 Å². The molecule has 1 fully saturated rings. The van der Waals surface area contributed by atoms with Crippen molar-refractivity contribution in [2.75, 3.05) is 33.3 Å². The minimum absolute atomic E-state index is 0.0914. The Labute approximate surface area is 111 Å². The zero-order valence-corrected chi connectivity index (χ0v) is 11.6. The molecule has 1 saturated heterocycles. The van der Waals surface area contributed by atoms with Crippen LogP contribution in [0.4, 0.5) is 4.79 Å². The molecule has 10 heteroatoms. The molecular weight excluding hydrogens is 276 g/mol. The second-order valence-corrected chi connectivity index (χ2v) is 5.45. The Morgan fingerprint density at radius 1 is 1.47 bits per heavy atom. The van der Waals surface area contributed by atoms with Crippen molar-refractivity contribution >= 4 is 22.2 Å². The lowest BCUT2D eigenvalue weighted by molar-refractivity contribution is -0.125. The Balaban J connectivity index is 2.87. The van der Waals surface area contributed by atoms with Crippen LogP contribution in [-0.2, 0) is 19.7 Å². The summed E-state index contributed by atoms with van der Waals surface area (Å²) >= 11 is 0. The number of piperazine rings is 1. The van der Waals surface area contributed by atoms with Crippen LogP contribution >= 0.6 is 0 Å². The molecule has 1 aliphatic heterocycles. The van der Waals surface area contributed by atoms with Gasteiger partial charge in [-0.05, 0) is 6.92 Å². The van der Waals surface area contributed by atoms with Crippen LogP contribution in [0.5, 0.6) is 0 Å². The number of hydrogen-bond acceptors (Lipinski definition) is 6. The molecule has 3 N–H and O–H groups in total. The predicted molar refractivity (Wildman–Crippen MR) is 66.5 cm³/mol. The Kier molecular flexibility index (Phi) is 5.51. The third-order valence-electron chi connectivity index (χ3n) is 2.55. The maximum Gasteiger partial charge on any atom is 0.421 e. The lowest BCUT2D eigenvalue weighted by Crippen LogP contribution is -2.62. The predicted octanol–water partition coefficient (Wildman–Crippen LogP) is -2.00. The van der Waals surface area contributed by atoms with E-state index in [0.29, 0.717) is 13.1 Å². The summed E-state index contributed by atoms with van der Waals surface area (Å²) in [5, 5.41) is 5.49. The highest BCUT2D eigenvalue weighted by Gasteiger charge is 2.37. The fourth-order valence-corrected chi connectivity index (χ4v) is 2.94. The second kappa shape index (κ2) is 6.68. The van der Waals surface area contributed by atoms with Gasteiger partial charge in [0.2, 0.25) is 5.91 Å². The lowest BCUT2D eigenvalue weighted by Gasteiger charge is -2.33. The maximum absolute atomic E-state index is 12.0. The summed E-state index contributed by atoms with van der Waals surface area (Å²) in [6.45, 7) is 2.81. The van der Waals surface area contributed by atoms with Crippen molar-refractivity contribution < 1.29 is 22.7 Å². The highest BCUT2D eigenvalue weighted by atomic mass is 32.2. The summed E-state index contributed by atoms with van der Waals surface area (Å²) in [5.41, 5.74) is 0. The number of likely N-dealkylation sites (N-methyl/N-ethyl adjacent to an activating group) is 1. The van der Waals surface area contributed by atoms with Crippen LogP contribution in [0.3, 0.4) is 0 Å². The van der Waals surface area contributed by atoms with E-state index in [1.54, 1.807) is 11.6 Å². The minimum atomic E-state index is -4.10. The number of nitrogens with one attached hydrogen (secondary N) is 3. The molecule has 0 aromatic heterocycles. The number of nitrogens with zero attached hydrogens (tertiary/aromatic N) is 1. The van der Waals surface area contributed by atoms with E-state index >= 15 is 0 Å². The molecule has 0 spiro atoms. The van der Waals surface area contributed by atoms with E-state index in [1.807, 2.05) is 0 Å². The van der Waals surface area contributed by atoms with Gasteiger partial charge in [-0.15, -0.1) is 0 Å². The molecule has 1 aliphatic rings. The van der Waals surface area contributed by atoms with Gasteiger partial charge >= 0.3 is 16.3 Å². The van der Waals surface area contributed by atoms with Crippen LogP contribution in [-0.4, -0.2) is 64.1 Å². The first-order valence-electron chi connectivity index (χ1n) is 5.78. The summed E-state index contributed by atoms with van der Waals surface area (Å²) in [7, 11) is -3.04. The molecule has 0 bridgehead atoms. The van der Waals surface area contributed by atoms with E-state index in [-0.39, 0.29) is 13.1 Å². The fourth-order valence-electron chi connectivity index (χ4n) is 1.69. The van der Waals surface area contributed by atoms with Crippen LogP contribution < -0.4 is 15.4 Å². The van der Waals surface area contributed by atoms with Crippen molar-refractivity contribution in [1.82, 2.24) is 19.7 Å². The largest absolute Gasteiger partial charge is 0.452 e. The smallest absolute Gasteiger partial charge is 0.421 e. The number of methoxy groups -OCH3 is 1. The normalized spacial score (nSPS) is 20.6. The molecule has 0 aromatic carbocycles. The first-order valence-corrected chi connectivity index (χ1v) is 7.22. The van der Waals surface area contributed by atoms with Crippen molar-refractivity contribution in [2.24, 2.45) is 0 Å². The number of carbonyl (C=O) groups is 2. The summed E-state index contributed by atoms with van der Waals surface area (Å²) in [4.78, 5) is 22.8. The van der Waals surface area contributed by atoms with Crippen molar-refractivity contribution in [3.05, 3.63) is 0 Å². The SMILES string of the molecule is CCNC(=O)C1CNCCN1S(=O)(=O)NC(=O)OC. The summed E-state index contributed by atoms with van der Waals surface area (Å²) in [6, 6.07) is -0.893. The molecule has 9 nitrogen and oxygen atoms in total. The molecular formula is C9H18N4O5S. The van der Waals surface area contributed by atoms with Gasteiger partial charge in [0.25, 0.3) is 0 Å². The number of amides is 2. The lowest BCUT2D eigenvalue weighted by atomic mass is 10.2. The van der Waals surface area contributed by atoms with Crippen LogP contribution in [0.15, 0.2) is 0 Å². The van der Waals surface area contributed by atoms with Crippen molar-refractivity contribution in [3.8, 4) is 0 Å². The van der Waals surface area contributed by atoms with E-state index in [2.05, 4.69) is 15.4 Å². The minimum Gasteiger partial charge on any atom is -0.452 e. The van der Waals surface area contributed by atoms with Crippen molar-refractivity contribution in [3.63, 3.8) is 0 Å². The van der Waals surface area contributed by atoms with Crippen LogP contribution in [0.1, 0.15) is 6.92 Å². The van der Waals surface area contributed by atoms with Crippen LogP contribution in [0.25, 0.3) is 0 Å². The molecule has 0 aliphatic carbocycles.